The van der Waals surface area contributed by atoms with E-state index < -0.39 is 5.91 Å². The summed E-state index contributed by atoms with van der Waals surface area (Å²) >= 11 is 0. The molecule has 1 N–H and O–H groups in total. The number of nitrogens with zero attached hydrogens (tertiary/aromatic N) is 3. The number of furan rings is 1. The van der Waals surface area contributed by atoms with Gasteiger partial charge in [-0.3, -0.25) is 14.3 Å². The minimum absolute atomic E-state index is 0.129. The molecule has 9 nitrogen and oxygen atoms in total. The Balaban J connectivity index is 1.41. The Morgan fingerprint density at radius 1 is 1.09 bits per heavy atom. The predicted octanol–water partition coefficient (Wildman–Crippen LogP) is 3.36. The number of hydrogen-bond donors (Lipinski definition) is 1. The van der Waals surface area contributed by atoms with Crippen molar-refractivity contribution in [2.75, 3.05) is 31.6 Å². The molecule has 3 aromatic rings. The fourth-order valence-corrected chi connectivity index (χ4v) is 3.60. The summed E-state index contributed by atoms with van der Waals surface area (Å²) in [6.45, 7) is 6.69. The topological polar surface area (TPSA) is 98.8 Å². The van der Waals surface area contributed by atoms with Crippen molar-refractivity contribution in [1.29, 1.82) is 0 Å². The highest BCUT2D eigenvalue weighted by Crippen LogP contribution is 2.21. The Bertz CT molecular complexity index is 1100. The van der Waals surface area contributed by atoms with Gasteiger partial charge in [-0.15, -0.1) is 0 Å². The molecule has 1 aliphatic rings. The molecule has 0 atom stereocenters. The summed E-state index contributed by atoms with van der Waals surface area (Å²) in [7, 11) is 0. The third kappa shape index (κ3) is 5.25. The van der Waals surface area contributed by atoms with Crippen LogP contribution in [0.3, 0.4) is 0 Å². The fourth-order valence-electron chi connectivity index (χ4n) is 3.60. The van der Waals surface area contributed by atoms with Crippen LogP contribution in [0.2, 0.25) is 0 Å². The largest absolute Gasteiger partial charge is 0.486 e. The molecular weight excluding hydrogens is 424 g/mol. The van der Waals surface area contributed by atoms with Crippen LogP contribution in [0.5, 0.6) is 5.75 Å². The van der Waals surface area contributed by atoms with Crippen molar-refractivity contribution in [3.63, 3.8) is 0 Å². The van der Waals surface area contributed by atoms with Gasteiger partial charge in [-0.1, -0.05) is 19.1 Å². The van der Waals surface area contributed by atoms with Crippen molar-refractivity contribution in [1.82, 2.24) is 14.7 Å². The molecule has 1 aliphatic heterocycles. The highest BCUT2D eigenvalue weighted by Gasteiger charge is 2.26. The van der Waals surface area contributed by atoms with Crippen LogP contribution in [0.4, 0.5) is 5.69 Å². The first-order valence-corrected chi connectivity index (χ1v) is 11.1. The standard InChI is InChI=1S/C24H28N4O5/c1-3-17-5-7-18(8-6-17)32-16-19-9-10-21(33-19)23(29)26-20-15-25-28(4-2)22(20)24(30)27-11-13-31-14-12-27/h5-10,15H,3-4,11-14,16H2,1-2H3,(H,26,29). The molecule has 3 heterocycles. The van der Waals surface area contributed by atoms with Gasteiger partial charge in [0.15, 0.2) is 5.76 Å². The highest BCUT2D eigenvalue weighted by atomic mass is 16.5. The number of benzene rings is 1. The average molecular weight is 453 g/mol. The van der Waals surface area contributed by atoms with Crippen LogP contribution in [0, 0.1) is 0 Å². The number of carbonyl (C=O) groups is 2. The lowest BCUT2D eigenvalue weighted by Crippen LogP contribution is -2.41. The number of ether oxygens (including phenoxy) is 2. The zero-order valence-electron chi connectivity index (χ0n) is 18.9. The predicted molar refractivity (Wildman–Crippen MR) is 121 cm³/mol. The maximum absolute atomic E-state index is 13.1. The molecule has 1 aromatic carbocycles. The lowest BCUT2D eigenvalue weighted by Gasteiger charge is -2.27. The van der Waals surface area contributed by atoms with Gasteiger partial charge in [-0.05, 0) is 43.2 Å². The zero-order valence-corrected chi connectivity index (χ0v) is 18.9. The van der Waals surface area contributed by atoms with Crippen LogP contribution < -0.4 is 10.1 Å². The lowest BCUT2D eigenvalue weighted by molar-refractivity contribution is 0.0295. The molecule has 33 heavy (non-hydrogen) atoms. The van der Waals surface area contributed by atoms with E-state index >= 15 is 0 Å². The minimum atomic E-state index is -0.458. The fraction of sp³-hybridized carbons (Fsp3) is 0.375. The Morgan fingerprint density at radius 2 is 1.85 bits per heavy atom. The summed E-state index contributed by atoms with van der Waals surface area (Å²) in [5, 5.41) is 7.02. The second-order valence-electron chi connectivity index (χ2n) is 7.63. The van der Waals surface area contributed by atoms with E-state index in [0.29, 0.717) is 50.0 Å². The van der Waals surface area contributed by atoms with E-state index in [4.69, 9.17) is 13.9 Å². The van der Waals surface area contributed by atoms with Gasteiger partial charge in [0.1, 0.15) is 23.8 Å². The van der Waals surface area contributed by atoms with Gasteiger partial charge >= 0.3 is 0 Å². The number of anilines is 1. The molecule has 4 rings (SSSR count). The monoisotopic (exact) mass is 452 g/mol. The van der Waals surface area contributed by atoms with Gasteiger partial charge in [0, 0.05) is 19.6 Å². The molecule has 0 aliphatic carbocycles. The third-order valence-electron chi connectivity index (χ3n) is 5.49. The van der Waals surface area contributed by atoms with Gasteiger partial charge in [0.05, 0.1) is 25.1 Å². The van der Waals surface area contributed by atoms with E-state index in [2.05, 4.69) is 17.3 Å². The lowest BCUT2D eigenvalue weighted by atomic mass is 10.2. The van der Waals surface area contributed by atoms with Crippen LogP contribution in [0.1, 0.15) is 46.2 Å². The number of carbonyl (C=O) groups excluding carboxylic acids is 2. The van der Waals surface area contributed by atoms with Gasteiger partial charge < -0.3 is 24.1 Å². The number of morpholine rings is 1. The van der Waals surface area contributed by atoms with Crippen molar-refractivity contribution < 1.29 is 23.5 Å². The van der Waals surface area contributed by atoms with E-state index in [1.54, 1.807) is 21.7 Å². The van der Waals surface area contributed by atoms with Crippen molar-refractivity contribution in [2.24, 2.45) is 0 Å². The van der Waals surface area contributed by atoms with E-state index in [0.717, 1.165) is 12.2 Å². The summed E-state index contributed by atoms with van der Waals surface area (Å²) in [5.41, 5.74) is 1.93. The summed E-state index contributed by atoms with van der Waals surface area (Å²) in [6.07, 6.45) is 2.45. The van der Waals surface area contributed by atoms with Gasteiger partial charge in [0.25, 0.3) is 11.8 Å². The number of aryl methyl sites for hydroxylation is 2. The quantitative estimate of drug-likeness (QED) is 0.563. The van der Waals surface area contributed by atoms with Gasteiger partial charge in [-0.25, -0.2) is 0 Å². The van der Waals surface area contributed by atoms with Crippen LogP contribution in [0.15, 0.2) is 47.0 Å². The molecule has 0 bridgehead atoms. The zero-order chi connectivity index (χ0) is 23.2. The molecule has 174 valence electrons. The molecule has 0 spiro atoms. The Kier molecular flexibility index (Phi) is 7.09. The minimum Gasteiger partial charge on any atom is -0.486 e. The maximum atomic E-state index is 13.1. The van der Waals surface area contributed by atoms with Gasteiger partial charge in [0.2, 0.25) is 0 Å². The molecule has 1 saturated heterocycles. The van der Waals surface area contributed by atoms with E-state index in [9.17, 15) is 9.59 Å². The molecule has 2 amide bonds. The third-order valence-corrected chi connectivity index (χ3v) is 5.49. The van der Waals surface area contributed by atoms with Crippen LogP contribution in [-0.2, 0) is 24.3 Å². The van der Waals surface area contributed by atoms with E-state index in [1.807, 2.05) is 31.2 Å². The van der Waals surface area contributed by atoms with Crippen molar-refractivity contribution in [3.05, 3.63) is 65.4 Å². The van der Waals surface area contributed by atoms with Crippen molar-refractivity contribution >= 4 is 17.5 Å². The van der Waals surface area contributed by atoms with Gasteiger partial charge in [-0.2, -0.15) is 5.10 Å². The SMILES string of the molecule is CCc1ccc(OCc2ccc(C(=O)Nc3cnn(CC)c3C(=O)N3CCOCC3)o2)cc1. The molecule has 9 heteroatoms. The summed E-state index contributed by atoms with van der Waals surface area (Å²) in [5.74, 6) is 0.737. The summed E-state index contributed by atoms with van der Waals surface area (Å²) in [6, 6.07) is 11.1. The molecule has 2 aromatic heterocycles. The van der Waals surface area contributed by atoms with Crippen LogP contribution in [-0.4, -0.2) is 52.8 Å². The highest BCUT2D eigenvalue weighted by molar-refractivity contribution is 6.07. The normalized spacial score (nSPS) is 13.7. The smallest absolute Gasteiger partial charge is 0.291 e. The second-order valence-corrected chi connectivity index (χ2v) is 7.63. The van der Waals surface area contributed by atoms with Crippen molar-refractivity contribution in [3.8, 4) is 5.75 Å². The Labute approximate surface area is 192 Å². The molecule has 0 radical (unpaired) electrons. The van der Waals surface area contributed by atoms with Crippen LogP contribution in [0.25, 0.3) is 0 Å². The Morgan fingerprint density at radius 3 is 2.55 bits per heavy atom. The first kappa shape index (κ1) is 22.6. The van der Waals surface area contributed by atoms with Crippen molar-refractivity contribution in [2.45, 2.75) is 33.4 Å². The number of nitrogens with one attached hydrogen (secondary N) is 1. The number of amides is 2. The maximum Gasteiger partial charge on any atom is 0.291 e. The number of hydrogen-bond acceptors (Lipinski definition) is 6. The summed E-state index contributed by atoms with van der Waals surface area (Å²) in [4.78, 5) is 27.6. The van der Waals surface area contributed by atoms with E-state index in [1.165, 1.54) is 11.8 Å². The first-order chi connectivity index (χ1) is 16.1. The van der Waals surface area contributed by atoms with E-state index in [-0.39, 0.29) is 18.3 Å². The average Bonchev–Trinajstić information content (AvgIpc) is 3.50. The molecule has 0 saturated carbocycles. The summed E-state index contributed by atoms with van der Waals surface area (Å²) < 4.78 is 18.3. The number of aromatic nitrogens is 2. The number of rotatable bonds is 8. The second kappa shape index (κ2) is 10.4. The first-order valence-electron chi connectivity index (χ1n) is 11.1. The molecular formula is C24H28N4O5. The Hall–Kier alpha value is -3.59. The molecule has 0 unspecified atom stereocenters. The van der Waals surface area contributed by atoms with Crippen LogP contribution >= 0.6 is 0 Å². The molecule has 1 fully saturated rings.